The lowest BCUT2D eigenvalue weighted by Crippen LogP contribution is -2.35. The molecule has 1 saturated carbocycles. The predicted octanol–water partition coefficient (Wildman–Crippen LogP) is 2.42. The molecule has 0 saturated heterocycles. The molecule has 2 rings (SSSR count). The normalized spacial score (nSPS) is 18.5. The van der Waals surface area contributed by atoms with Gasteiger partial charge in [-0.25, -0.2) is 9.97 Å². The van der Waals surface area contributed by atoms with E-state index in [0.717, 1.165) is 17.9 Å². The Kier molecular flexibility index (Phi) is 2.74. The largest absolute Gasteiger partial charge is 0.308 e. The first-order valence-electron chi connectivity index (χ1n) is 5.96. The van der Waals surface area contributed by atoms with Crippen molar-refractivity contribution in [1.29, 1.82) is 0 Å². The molecule has 0 aromatic carbocycles. The van der Waals surface area contributed by atoms with Crippen molar-refractivity contribution >= 4 is 0 Å². The van der Waals surface area contributed by atoms with Gasteiger partial charge in [0.05, 0.1) is 0 Å². The molecule has 0 aliphatic heterocycles. The number of hydrogen-bond acceptors (Lipinski definition) is 3. The highest BCUT2D eigenvalue weighted by molar-refractivity contribution is 5.17. The summed E-state index contributed by atoms with van der Waals surface area (Å²) in [7, 11) is 0. The quantitative estimate of drug-likeness (QED) is 0.848. The number of rotatable bonds is 3. The molecule has 0 atom stereocenters. The van der Waals surface area contributed by atoms with Crippen molar-refractivity contribution in [2.75, 3.05) is 0 Å². The molecule has 1 aromatic rings. The Balaban J connectivity index is 1.97. The van der Waals surface area contributed by atoms with Gasteiger partial charge in [0.1, 0.15) is 5.82 Å². The van der Waals surface area contributed by atoms with Crippen molar-refractivity contribution < 1.29 is 0 Å². The third kappa shape index (κ3) is 2.79. The topological polar surface area (TPSA) is 37.8 Å². The molecule has 0 amide bonds. The van der Waals surface area contributed by atoms with Gasteiger partial charge in [-0.1, -0.05) is 6.92 Å². The molecule has 3 heteroatoms. The van der Waals surface area contributed by atoms with Crippen LogP contribution in [-0.4, -0.2) is 15.5 Å². The number of hydrogen-bond donors (Lipinski definition) is 1. The van der Waals surface area contributed by atoms with Gasteiger partial charge in [-0.2, -0.15) is 0 Å². The van der Waals surface area contributed by atoms with Gasteiger partial charge in [-0.15, -0.1) is 0 Å². The van der Waals surface area contributed by atoms with Crippen LogP contribution >= 0.6 is 0 Å². The first kappa shape index (κ1) is 11.5. The van der Waals surface area contributed by atoms with E-state index in [9.17, 15) is 0 Å². The van der Waals surface area contributed by atoms with E-state index in [1.54, 1.807) is 0 Å². The number of aromatic nitrogens is 2. The fourth-order valence-electron chi connectivity index (χ4n) is 1.54. The highest BCUT2D eigenvalue weighted by Gasteiger charge is 2.41. The van der Waals surface area contributed by atoms with Crippen LogP contribution in [0.4, 0.5) is 0 Å². The minimum Gasteiger partial charge on any atom is -0.308 e. The van der Waals surface area contributed by atoms with Gasteiger partial charge >= 0.3 is 0 Å². The molecule has 3 nitrogen and oxygen atoms in total. The Morgan fingerprint density at radius 1 is 1.25 bits per heavy atom. The summed E-state index contributed by atoms with van der Waals surface area (Å²) in [6.07, 6.45) is 6.36. The second-order valence-electron chi connectivity index (χ2n) is 6.08. The highest BCUT2D eigenvalue weighted by Crippen LogP contribution is 2.45. The van der Waals surface area contributed by atoms with Gasteiger partial charge in [-0.3, -0.25) is 0 Å². The Bertz CT molecular complexity index is 358. The molecule has 1 aromatic heterocycles. The predicted molar refractivity (Wildman–Crippen MR) is 65.2 cm³/mol. The minimum atomic E-state index is 0.140. The van der Waals surface area contributed by atoms with Crippen LogP contribution in [0.25, 0.3) is 0 Å². The standard InChI is InChI=1S/C13H21N3/c1-12(2,3)16-9-10-7-14-11(15-8-10)13(4)5-6-13/h7-8,16H,5-6,9H2,1-4H3. The molecule has 1 fully saturated rings. The fourth-order valence-corrected chi connectivity index (χ4v) is 1.54. The van der Waals surface area contributed by atoms with Gasteiger partial charge in [-0.05, 0) is 33.6 Å². The summed E-state index contributed by atoms with van der Waals surface area (Å²) >= 11 is 0. The molecule has 1 N–H and O–H groups in total. The van der Waals surface area contributed by atoms with Crippen molar-refractivity contribution in [2.45, 2.75) is 58.0 Å². The molecular formula is C13H21N3. The van der Waals surface area contributed by atoms with E-state index in [1.807, 2.05) is 12.4 Å². The summed E-state index contributed by atoms with van der Waals surface area (Å²) in [6, 6.07) is 0. The van der Waals surface area contributed by atoms with E-state index >= 15 is 0 Å². The van der Waals surface area contributed by atoms with E-state index in [2.05, 4.69) is 43.0 Å². The Labute approximate surface area is 97.7 Å². The zero-order valence-corrected chi connectivity index (χ0v) is 10.7. The van der Waals surface area contributed by atoms with E-state index < -0.39 is 0 Å². The lowest BCUT2D eigenvalue weighted by molar-refractivity contribution is 0.423. The van der Waals surface area contributed by atoms with Crippen LogP contribution in [0.3, 0.4) is 0 Å². The van der Waals surface area contributed by atoms with E-state index in [1.165, 1.54) is 12.8 Å². The maximum absolute atomic E-state index is 4.46. The number of nitrogens with zero attached hydrogens (tertiary/aromatic N) is 2. The van der Waals surface area contributed by atoms with Crippen LogP contribution < -0.4 is 5.32 Å². The maximum atomic E-state index is 4.46. The molecule has 1 aliphatic carbocycles. The second-order valence-corrected chi connectivity index (χ2v) is 6.08. The van der Waals surface area contributed by atoms with Crippen molar-refractivity contribution in [3.05, 3.63) is 23.8 Å². The fraction of sp³-hybridized carbons (Fsp3) is 0.692. The van der Waals surface area contributed by atoms with Crippen LogP contribution in [0.15, 0.2) is 12.4 Å². The minimum absolute atomic E-state index is 0.140. The van der Waals surface area contributed by atoms with E-state index in [0.29, 0.717) is 0 Å². The Hall–Kier alpha value is -0.960. The lowest BCUT2D eigenvalue weighted by atomic mass is 10.1. The molecule has 88 valence electrons. The average molecular weight is 219 g/mol. The summed E-state index contributed by atoms with van der Waals surface area (Å²) < 4.78 is 0. The SMILES string of the molecule is CC(C)(C)NCc1cnc(C2(C)CC2)nc1. The average Bonchev–Trinajstić information content (AvgIpc) is 2.95. The van der Waals surface area contributed by atoms with Gasteiger partial charge in [0.15, 0.2) is 0 Å². The molecule has 1 aliphatic rings. The van der Waals surface area contributed by atoms with Crippen molar-refractivity contribution in [1.82, 2.24) is 15.3 Å². The van der Waals surface area contributed by atoms with Crippen molar-refractivity contribution in [3.63, 3.8) is 0 Å². The second kappa shape index (κ2) is 3.81. The lowest BCUT2D eigenvalue weighted by Gasteiger charge is -2.20. The molecular weight excluding hydrogens is 198 g/mol. The molecule has 0 unspecified atom stereocenters. The smallest absolute Gasteiger partial charge is 0.134 e. The van der Waals surface area contributed by atoms with Crippen LogP contribution in [0.2, 0.25) is 0 Å². The monoisotopic (exact) mass is 219 g/mol. The molecule has 0 radical (unpaired) electrons. The van der Waals surface area contributed by atoms with Gasteiger partial charge in [0, 0.05) is 35.5 Å². The Morgan fingerprint density at radius 2 is 1.81 bits per heavy atom. The summed E-state index contributed by atoms with van der Waals surface area (Å²) in [5.74, 6) is 1.01. The summed E-state index contributed by atoms with van der Waals surface area (Å²) in [6.45, 7) is 9.55. The van der Waals surface area contributed by atoms with E-state index in [4.69, 9.17) is 0 Å². The van der Waals surface area contributed by atoms with Crippen LogP contribution in [-0.2, 0) is 12.0 Å². The van der Waals surface area contributed by atoms with Crippen LogP contribution in [0.5, 0.6) is 0 Å². The molecule has 0 bridgehead atoms. The third-order valence-electron chi connectivity index (χ3n) is 3.07. The van der Waals surface area contributed by atoms with Gasteiger partial charge in [0.2, 0.25) is 0 Å². The van der Waals surface area contributed by atoms with Gasteiger partial charge < -0.3 is 5.32 Å². The third-order valence-corrected chi connectivity index (χ3v) is 3.07. The molecule has 1 heterocycles. The highest BCUT2D eigenvalue weighted by atomic mass is 15.0. The van der Waals surface area contributed by atoms with Crippen LogP contribution in [0, 0.1) is 0 Å². The summed E-state index contributed by atoms with van der Waals surface area (Å²) in [4.78, 5) is 8.92. The first-order valence-corrected chi connectivity index (χ1v) is 5.96. The maximum Gasteiger partial charge on any atom is 0.134 e. The first-order chi connectivity index (χ1) is 7.39. The molecule has 16 heavy (non-hydrogen) atoms. The van der Waals surface area contributed by atoms with Crippen LogP contribution in [0.1, 0.15) is 51.9 Å². The zero-order valence-electron chi connectivity index (χ0n) is 10.7. The van der Waals surface area contributed by atoms with Crippen molar-refractivity contribution in [2.24, 2.45) is 0 Å². The van der Waals surface area contributed by atoms with E-state index in [-0.39, 0.29) is 11.0 Å². The van der Waals surface area contributed by atoms with Gasteiger partial charge in [0.25, 0.3) is 0 Å². The Morgan fingerprint density at radius 3 is 2.25 bits per heavy atom. The summed E-state index contributed by atoms with van der Waals surface area (Å²) in [5, 5.41) is 3.43. The molecule has 0 spiro atoms. The number of nitrogens with one attached hydrogen (secondary N) is 1. The summed E-state index contributed by atoms with van der Waals surface area (Å²) in [5.41, 5.74) is 1.57. The van der Waals surface area contributed by atoms with Crippen molar-refractivity contribution in [3.8, 4) is 0 Å². The zero-order chi connectivity index (χ0) is 11.8.